The maximum atomic E-state index is 6.48. The monoisotopic (exact) mass is 242 g/mol. The fourth-order valence-corrected chi connectivity index (χ4v) is 3.02. The number of hydrogen-bond donors (Lipinski definition) is 0. The Balaban J connectivity index is 4.83. The zero-order valence-corrected chi connectivity index (χ0v) is 13.4. The van der Waals surface area contributed by atoms with Crippen LogP contribution in [0, 0.1) is 11.8 Å². The summed E-state index contributed by atoms with van der Waals surface area (Å²) < 4.78 is 6.48. The van der Waals surface area contributed by atoms with Crippen molar-refractivity contribution in [2.45, 2.75) is 65.8 Å². The molecule has 0 spiro atoms. The summed E-state index contributed by atoms with van der Waals surface area (Å²) in [6, 6.07) is 0. The fraction of sp³-hybridized carbons (Fsp3) is 0.857. The summed E-state index contributed by atoms with van der Waals surface area (Å²) in [4.78, 5) is 0. The SMILES string of the molecule is C=C[C@H](C)[C@H](O[Si](C)(C)C(C)(C)C)C(C)C. The highest BCUT2D eigenvalue weighted by Gasteiger charge is 2.40. The van der Waals surface area contributed by atoms with Gasteiger partial charge in [-0.15, -0.1) is 6.58 Å². The molecule has 0 aromatic heterocycles. The molecule has 0 bridgehead atoms. The Morgan fingerprint density at radius 3 is 1.81 bits per heavy atom. The average Bonchev–Trinajstić information content (AvgIpc) is 2.10. The smallest absolute Gasteiger partial charge is 0.192 e. The molecule has 0 rings (SSSR count). The Hall–Kier alpha value is -0.0831. The van der Waals surface area contributed by atoms with E-state index in [0.717, 1.165) is 0 Å². The molecule has 0 aliphatic heterocycles. The second-order valence-electron chi connectivity index (χ2n) is 6.68. The molecule has 0 N–H and O–H groups in total. The summed E-state index contributed by atoms with van der Waals surface area (Å²) in [6.45, 7) is 22.1. The van der Waals surface area contributed by atoms with Gasteiger partial charge in [-0.05, 0) is 30.0 Å². The van der Waals surface area contributed by atoms with Gasteiger partial charge in [-0.25, -0.2) is 0 Å². The van der Waals surface area contributed by atoms with Crippen molar-refractivity contribution in [3.8, 4) is 0 Å². The molecule has 2 heteroatoms. The molecule has 0 saturated heterocycles. The molecule has 0 saturated carbocycles. The first kappa shape index (κ1) is 15.9. The quantitative estimate of drug-likeness (QED) is 0.494. The molecule has 96 valence electrons. The summed E-state index contributed by atoms with van der Waals surface area (Å²) in [5.74, 6) is 0.969. The second-order valence-corrected chi connectivity index (χ2v) is 11.4. The predicted octanol–water partition coefficient (Wildman–Crippen LogP) is 4.85. The molecule has 0 aliphatic rings. The molecule has 0 amide bonds. The topological polar surface area (TPSA) is 9.23 Å². The van der Waals surface area contributed by atoms with E-state index >= 15 is 0 Å². The molecule has 0 heterocycles. The molecule has 0 aromatic carbocycles. The minimum absolute atomic E-state index is 0.279. The van der Waals surface area contributed by atoms with E-state index in [9.17, 15) is 0 Å². The molecule has 0 aromatic rings. The molecule has 16 heavy (non-hydrogen) atoms. The third kappa shape index (κ3) is 4.06. The van der Waals surface area contributed by atoms with Gasteiger partial charge in [0.05, 0.1) is 6.10 Å². The van der Waals surface area contributed by atoms with Crippen molar-refractivity contribution in [3.05, 3.63) is 12.7 Å². The minimum Gasteiger partial charge on any atom is -0.413 e. The summed E-state index contributed by atoms with van der Waals surface area (Å²) in [5.41, 5.74) is 0. The van der Waals surface area contributed by atoms with Crippen molar-refractivity contribution in [3.63, 3.8) is 0 Å². The molecular weight excluding hydrogens is 212 g/mol. The molecular formula is C14H30OSi. The lowest BCUT2D eigenvalue weighted by Gasteiger charge is -2.41. The summed E-state index contributed by atoms with van der Waals surface area (Å²) in [5, 5.41) is 0.279. The van der Waals surface area contributed by atoms with E-state index < -0.39 is 8.32 Å². The Morgan fingerprint density at radius 2 is 1.56 bits per heavy atom. The van der Waals surface area contributed by atoms with Crippen LogP contribution in [0.4, 0.5) is 0 Å². The number of hydrogen-bond acceptors (Lipinski definition) is 1. The van der Waals surface area contributed by atoms with Crippen molar-refractivity contribution in [1.82, 2.24) is 0 Å². The first-order valence-corrected chi connectivity index (χ1v) is 9.24. The van der Waals surface area contributed by atoms with Crippen LogP contribution in [-0.2, 0) is 4.43 Å². The third-order valence-corrected chi connectivity index (χ3v) is 8.26. The summed E-state index contributed by atoms with van der Waals surface area (Å²) in [7, 11) is -1.66. The van der Waals surface area contributed by atoms with Gasteiger partial charge in [0.2, 0.25) is 0 Å². The van der Waals surface area contributed by atoms with Crippen LogP contribution < -0.4 is 0 Å². The van der Waals surface area contributed by atoms with Crippen LogP contribution in [0.15, 0.2) is 12.7 Å². The highest BCUT2D eigenvalue weighted by atomic mass is 28.4. The van der Waals surface area contributed by atoms with E-state index in [0.29, 0.717) is 17.9 Å². The van der Waals surface area contributed by atoms with Gasteiger partial charge in [0.15, 0.2) is 8.32 Å². The Kier molecular flexibility index (Phi) is 5.47. The summed E-state index contributed by atoms with van der Waals surface area (Å²) in [6.07, 6.45) is 2.32. The first-order chi connectivity index (χ1) is 7.03. The second kappa shape index (κ2) is 5.50. The molecule has 0 radical (unpaired) electrons. The van der Waals surface area contributed by atoms with E-state index in [4.69, 9.17) is 4.43 Å². The van der Waals surface area contributed by atoms with Crippen molar-refractivity contribution < 1.29 is 4.43 Å². The standard InChI is InChI=1S/C14H30OSi/c1-10-12(4)13(11(2)3)15-16(8,9)14(5,6)7/h10-13H,1H2,2-9H3/t12-,13+/m0/s1. The Morgan fingerprint density at radius 1 is 1.12 bits per heavy atom. The van der Waals surface area contributed by atoms with Gasteiger partial charge in [0.25, 0.3) is 0 Å². The van der Waals surface area contributed by atoms with E-state index in [1.807, 2.05) is 6.08 Å². The lowest BCUT2D eigenvalue weighted by molar-refractivity contribution is 0.101. The molecule has 2 atom stereocenters. The van der Waals surface area contributed by atoms with E-state index in [1.165, 1.54) is 0 Å². The van der Waals surface area contributed by atoms with Gasteiger partial charge in [-0.1, -0.05) is 47.6 Å². The van der Waals surface area contributed by atoms with E-state index in [-0.39, 0.29) is 5.04 Å². The van der Waals surface area contributed by atoms with E-state index in [2.05, 4.69) is 61.2 Å². The van der Waals surface area contributed by atoms with Crippen LogP contribution >= 0.6 is 0 Å². The van der Waals surface area contributed by atoms with Crippen LogP contribution in [0.1, 0.15) is 41.5 Å². The van der Waals surface area contributed by atoms with Crippen LogP contribution in [0.2, 0.25) is 18.1 Å². The zero-order valence-electron chi connectivity index (χ0n) is 12.4. The Bertz CT molecular complexity index is 225. The van der Waals surface area contributed by atoms with Gasteiger partial charge in [-0.3, -0.25) is 0 Å². The van der Waals surface area contributed by atoms with Crippen LogP contribution in [0.25, 0.3) is 0 Å². The normalized spacial score (nSPS) is 17.3. The molecule has 0 unspecified atom stereocenters. The lowest BCUT2D eigenvalue weighted by Crippen LogP contribution is -2.46. The fourth-order valence-electron chi connectivity index (χ4n) is 1.50. The minimum atomic E-state index is -1.66. The van der Waals surface area contributed by atoms with Crippen molar-refractivity contribution in [1.29, 1.82) is 0 Å². The van der Waals surface area contributed by atoms with Crippen LogP contribution in [-0.4, -0.2) is 14.4 Å². The maximum absolute atomic E-state index is 6.48. The van der Waals surface area contributed by atoms with E-state index in [1.54, 1.807) is 0 Å². The largest absolute Gasteiger partial charge is 0.413 e. The van der Waals surface area contributed by atoms with Gasteiger partial charge in [0, 0.05) is 0 Å². The highest BCUT2D eigenvalue weighted by Crippen LogP contribution is 2.39. The number of rotatable bonds is 5. The van der Waals surface area contributed by atoms with Gasteiger partial charge >= 0.3 is 0 Å². The van der Waals surface area contributed by atoms with Gasteiger partial charge < -0.3 is 4.43 Å². The van der Waals surface area contributed by atoms with Crippen molar-refractivity contribution in [2.75, 3.05) is 0 Å². The van der Waals surface area contributed by atoms with Crippen molar-refractivity contribution >= 4 is 8.32 Å². The predicted molar refractivity (Wildman–Crippen MR) is 76.3 cm³/mol. The van der Waals surface area contributed by atoms with Gasteiger partial charge in [0.1, 0.15) is 0 Å². The van der Waals surface area contributed by atoms with Crippen LogP contribution in [0.3, 0.4) is 0 Å². The van der Waals surface area contributed by atoms with Gasteiger partial charge in [-0.2, -0.15) is 0 Å². The average molecular weight is 242 g/mol. The maximum Gasteiger partial charge on any atom is 0.192 e. The van der Waals surface area contributed by atoms with Crippen molar-refractivity contribution in [2.24, 2.45) is 11.8 Å². The first-order valence-electron chi connectivity index (χ1n) is 6.33. The molecule has 0 fully saturated rings. The third-order valence-electron chi connectivity index (χ3n) is 3.78. The molecule has 0 aliphatic carbocycles. The highest BCUT2D eigenvalue weighted by molar-refractivity contribution is 6.74. The lowest BCUT2D eigenvalue weighted by atomic mass is 9.95. The zero-order chi connectivity index (χ0) is 13.1. The Labute approximate surface area is 103 Å². The summed E-state index contributed by atoms with van der Waals surface area (Å²) >= 11 is 0. The molecule has 1 nitrogen and oxygen atoms in total. The van der Waals surface area contributed by atoms with Crippen LogP contribution in [0.5, 0.6) is 0 Å².